The first-order valence-corrected chi connectivity index (χ1v) is 4.14. The number of ether oxygens (including phenoxy) is 2. The summed E-state index contributed by atoms with van der Waals surface area (Å²) in [6.07, 6.45) is 0.240. The van der Waals surface area contributed by atoms with E-state index in [-0.39, 0.29) is 6.42 Å². The molecule has 1 rings (SSSR count). The zero-order chi connectivity index (χ0) is 9.62. The van der Waals surface area contributed by atoms with Crippen molar-refractivity contribution in [2.75, 3.05) is 0 Å². The lowest BCUT2D eigenvalue weighted by atomic mass is 10.2. The van der Waals surface area contributed by atoms with Gasteiger partial charge < -0.3 is 0 Å². The molecule has 1 aliphatic heterocycles. The molecular formula is C6H8Cl2F2O2. The molecule has 1 fully saturated rings. The normalized spacial score (nSPS) is 54.5. The Kier molecular flexibility index (Phi) is 2.33. The van der Waals surface area contributed by atoms with E-state index in [9.17, 15) is 8.78 Å². The molecule has 2 unspecified atom stereocenters. The van der Waals surface area contributed by atoms with Gasteiger partial charge in [0.05, 0.1) is 0 Å². The van der Waals surface area contributed by atoms with Crippen molar-refractivity contribution in [1.82, 2.24) is 0 Å². The highest BCUT2D eigenvalue weighted by Gasteiger charge is 2.66. The van der Waals surface area contributed by atoms with Gasteiger partial charge in [-0.05, 0) is 36.5 Å². The van der Waals surface area contributed by atoms with Crippen LogP contribution in [-0.2, 0) is 9.47 Å². The van der Waals surface area contributed by atoms with Gasteiger partial charge in [-0.1, -0.05) is 6.92 Å². The lowest BCUT2D eigenvalue weighted by Crippen LogP contribution is -2.34. The standard InChI is InChI=1S/C6H8Cl2F2O2/c1-3-4(2)11-5(7,9)6(8,10)12-4/h3H2,1-2H3. The fourth-order valence-corrected chi connectivity index (χ4v) is 1.23. The number of alkyl halides is 4. The van der Waals surface area contributed by atoms with Crippen LogP contribution in [0.3, 0.4) is 0 Å². The van der Waals surface area contributed by atoms with Crippen molar-refractivity contribution in [3.63, 3.8) is 0 Å². The van der Waals surface area contributed by atoms with Crippen molar-refractivity contribution in [2.24, 2.45) is 0 Å². The van der Waals surface area contributed by atoms with Crippen LogP contribution in [0.4, 0.5) is 8.78 Å². The molecule has 0 bridgehead atoms. The minimum Gasteiger partial charge on any atom is -0.296 e. The van der Waals surface area contributed by atoms with E-state index in [0.29, 0.717) is 0 Å². The highest BCUT2D eigenvalue weighted by molar-refractivity contribution is 6.32. The summed E-state index contributed by atoms with van der Waals surface area (Å²) in [5.41, 5.74) is 0. The Labute approximate surface area is 78.7 Å². The van der Waals surface area contributed by atoms with Gasteiger partial charge in [-0.25, -0.2) is 0 Å². The van der Waals surface area contributed by atoms with Crippen molar-refractivity contribution in [2.45, 2.75) is 36.7 Å². The van der Waals surface area contributed by atoms with Gasteiger partial charge in [0, 0.05) is 0 Å². The van der Waals surface area contributed by atoms with Crippen LogP contribution in [0.2, 0.25) is 0 Å². The average molecular weight is 221 g/mol. The minimum atomic E-state index is -3.13. The van der Waals surface area contributed by atoms with Gasteiger partial charge in [-0.3, -0.25) is 9.47 Å². The molecule has 0 aromatic heterocycles. The highest BCUT2D eigenvalue weighted by atomic mass is 35.5. The van der Waals surface area contributed by atoms with E-state index < -0.39 is 16.4 Å². The molecular weight excluding hydrogens is 213 g/mol. The molecule has 0 amide bonds. The smallest absolute Gasteiger partial charge is 0.296 e. The Balaban J connectivity index is 2.88. The van der Waals surface area contributed by atoms with Gasteiger partial charge in [-0.2, -0.15) is 8.78 Å². The second kappa shape index (κ2) is 2.67. The van der Waals surface area contributed by atoms with Crippen LogP contribution in [0.5, 0.6) is 0 Å². The third kappa shape index (κ3) is 1.53. The third-order valence-corrected chi connectivity index (χ3v) is 2.41. The predicted octanol–water partition coefficient (Wildman–Crippen LogP) is 2.88. The zero-order valence-corrected chi connectivity index (χ0v) is 8.05. The van der Waals surface area contributed by atoms with Gasteiger partial charge in [0.1, 0.15) is 0 Å². The first-order chi connectivity index (χ1) is 5.22. The first kappa shape index (κ1) is 10.4. The van der Waals surface area contributed by atoms with Crippen LogP contribution in [0.15, 0.2) is 0 Å². The molecule has 1 saturated heterocycles. The lowest BCUT2D eigenvalue weighted by molar-refractivity contribution is -0.191. The molecule has 0 saturated carbocycles. The quantitative estimate of drug-likeness (QED) is 0.633. The first-order valence-electron chi connectivity index (χ1n) is 3.38. The van der Waals surface area contributed by atoms with Crippen molar-refractivity contribution < 1.29 is 18.3 Å². The molecule has 1 heterocycles. The van der Waals surface area contributed by atoms with Crippen LogP contribution in [0, 0.1) is 0 Å². The summed E-state index contributed by atoms with van der Waals surface area (Å²) >= 11 is 10.0. The van der Waals surface area contributed by atoms with E-state index >= 15 is 0 Å². The van der Waals surface area contributed by atoms with Crippen molar-refractivity contribution in [3.8, 4) is 0 Å². The molecule has 6 heteroatoms. The monoisotopic (exact) mass is 220 g/mol. The van der Waals surface area contributed by atoms with E-state index in [4.69, 9.17) is 23.2 Å². The summed E-state index contributed by atoms with van der Waals surface area (Å²) in [5.74, 6) is -1.41. The maximum atomic E-state index is 13.0. The largest absolute Gasteiger partial charge is 0.364 e. The molecule has 0 N–H and O–H groups in total. The number of halogens is 4. The summed E-state index contributed by atoms with van der Waals surface area (Å²) in [7, 11) is 0. The fraction of sp³-hybridized carbons (Fsp3) is 1.00. The van der Waals surface area contributed by atoms with E-state index in [2.05, 4.69) is 9.47 Å². The van der Waals surface area contributed by atoms with Crippen molar-refractivity contribution in [3.05, 3.63) is 0 Å². The molecule has 72 valence electrons. The molecule has 0 spiro atoms. The topological polar surface area (TPSA) is 18.5 Å². The van der Waals surface area contributed by atoms with Gasteiger partial charge in [0.2, 0.25) is 0 Å². The second-order valence-corrected chi connectivity index (χ2v) is 3.70. The molecule has 0 aromatic carbocycles. The molecule has 2 nitrogen and oxygen atoms in total. The summed E-state index contributed by atoms with van der Waals surface area (Å²) < 4.78 is 34.9. The summed E-state index contributed by atoms with van der Waals surface area (Å²) in [4.78, 5) is 0. The van der Waals surface area contributed by atoms with Crippen LogP contribution < -0.4 is 0 Å². The molecule has 1 aliphatic rings. The second-order valence-electron chi connectivity index (χ2n) is 2.73. The Hall–Kier alpha value is 0.360. The number of rotatable bonds is 1. The fourth-order valence-electron chi connectivity index (χ4n) is 0.826. The summed E-state index contributed by atoms with van der Waals surface area (Å²) in [6, 6.07) is 0. The predicted molar refractivity (Wildman–Crippen MR) is 40.3 cm³/mol. The summed E-state index contributed by atoms with van der Waals surface area (Å²) in [5, 5.41) is -6.25. The lowest BCUT2D eigenvalue weighted by Gasteiger charge is -2.19. The van der Waals surface area contributed by atoms with E-state index in [1.807, 2.05) is 0 Å². The van der Waals surface area contributed by atoms with Gasteiger partial charge in [0.25, 0.3) is 0 Å². The van der Waals surface area contributed by atoms with Crippen LogP contribution in [0.1, 0.15) is 20.3 Å². The third-order valence-electron chi connectivity index (χ3n) is 1.67. The number of hydrogen-bond donors (Lipinski definition) is 0. The van der Waals surface area contributed by atoms with Crippen LogP contribution >= 0.6 is 23.2 Å². The van der Waals surface area contributed by atoms with Gasteiger partial charge in [0.15, 0.2) is 5.79 Å². The van der Waals surface area contributed by atoms with E-state index in [0.717, 1.165) is 0 Å². The van der Waals surface area contributed by atoms with Crippen molar-refractivity contribution in [1.29, 1.82) is 0 Å². The zero-order valence-electron chi connectivity index (χ0n) is 6.54. The Morgan fingerprint density at radius 1 is 1.17 bits per heavy atom. The molecule has 0 aromatic rings. The van der Waals surface area contributed by atoms with Crippen LogP contribution in [0.25, 0.3) is 0 Å². The van der Waals surface area contributed by atoms with E-state index in [1.54, 1.807) is 6.92 Å². The van der Waals surface area contributed by atoms with Crippen molar-refractivity contribution >= 4 is 23.2 Å². The maximum absolute atomic E-state index is 13.0. The van der Waals surface area contributed by atoms with Crippen LogP contribution in [-0.4, -0.2) is 16.4 Å². The van der Waals surface area contributed by atoms with E-state index in [1.165, 1.54) is 6.92 Å². The highest BCUT2D eigenvalue weighted by Crippen LogP contribution is 2.52. The Morgan fingerprint density at radius 2 is 1.50 bits per heavy atom. The van der Waals surface area contributed by atoms with Gasteiger partial charge >= 0.3 is 10.6 Å². The summed E-state index contributed by atoms with van der Waals surface area (Å²) in [6.45, 7) is 2.98. The molecule has 0 radical (unpaired) electrons. The van der Waals surface area contributed by atoms with Gasteiger partial charge in [-0.15, -0.1) is 0 Å². The maximum Gasteiger partial charge on any atom is 0.364 e. The minimum absolute atomic E-state index is 0.240. The SMILES string of the molecule is CCC1(C)OC(F)(Cl)C(F)(Cl)O1. The number of hydrogen-bond acceptors (Lipinski definition) is 2. The molecule has 2 atom stereocenters. The molecule has 12 heavy (non-hydrogen) atoms. The Morgan fingerprint density at radius 3 is 1.67 bits per heavy atom. The Bertz CT molecular complexity index is 180. The average Bonchev–Trinajstić information content (AvgIpc) is 1.99. The molecule has 0 aliphatic carbocycles.